The van der Waals surface area contributed by atoms with Gasteiger partial charge in [0.15, 0.2) is 0 Å². The number of anilines is 1. The molecule has 3 rings (SSSR count). The summed E-state index contributed by atoms with van der Waals surface area (Å²) in [5.74, 6) is 1.80. The zero-order chi connectivity index (χ0) is 13.2. The van der Waals surface area contributed by atoms with Crippen molar-refractivity contribution in [2.24, 2.45) is 0 Å². The van der Waals surface area contributed by atoms with E-state index in [1.807, 2.05) is 30.3 Å². The lowest BCUT2D eigenvalue weighted by atomic mass is 10.1. The van der Waals surface area contributed by atoms with E-state index in [2.05, 4.69) is 5.32 Å². The molecular formula is C15H15NO3. The molecule has 1 aliphatic heterocycles. The van der Waals surface area contributed by atoms with Crippen LogP contribution in [0.25, 0.3) is 0 Å². The lowest BCUT2D eigenvalue weighted by molar-refractivity contribution is 0.338. The third-order valence-electron chi connectivity index (χ3n) is 3.21. The first-order valence-corrected chi connectivity index (χ1v) is 6.12. The van der Waals surface area contributed by atoms with Gasteiger partial charge in [-0.05, 0) is 36.4 Å². The molecule has 1 heterocycles. The van der Waals surface area contributed by atoms with Gasteiger partial charge < -0.3 is 19.9 Å². The van der Waals surface area contributed by atoms with E-state index in [0.29, 0.717) is 6.61 Å². The summed E-state index contributed by atoms with van der Waals surface area (Å²) in [5, 5.41) is 12.8. The summed E-state index contributed by atoms with van der Waals surface area (Å²) in [4.78, 5) is 0. The molecule has 19 heavy (non-hydrogen) atoms. The number of phenolic OH excluding ortho intramolecular Hbond substituents is 1. The van der Waals surface area contributed by atoms with Crippen LogP contribution in [0.4, 0.5) is 5.69 Å². The average Bonchev–Trinajstić information content (AvgIpc) is 2.82. The first kappa shape index (κ1) is 11.7. The quantitative estimate of drug-likeness (QED) is 0.887. The molecule has 0 aromatic heterocycles. The fraction of sp³-hybridized carbons (Fsp3) is 0.200. The van der Waals surface area contributed by atoms with Crippen molar-refractivity contribution in [1.29, 1.82) is 0 Å². The molecule has 4 nitrogen and oxygen atoms in total. The van der Waals surface area contributed by atoms with Crippen molar-refractivity contribution in [2.75, 3.05) is 19.0 Å². The van der Waals surface area contributed by atoms with E-state index in [-0.39, 0.29) is 11.8 Å². The van der Waals surface area contributed by atoms with Gasteiger partial charge in [-0.1, -0.05) is 0 Å². The summed E-state index contributed by atoms with van der Waals surface area (Å²) in [6.07, 6.45) is 0. The first-order chi connectivity index (χ1) is 9.26. The van der Waals surface area contributed by atoms with Gasteiger partial charge in [-0.3, -0.25) is 0 Å². The van der Waals surface area contributed by atoms with Crippen LogP contribution in [0, 0.1) is 0 Å². The first-order valence-electron chi connectivity index (χ1n) is 6.12. The van der Waals surface area contributed by atoms with Gasteiger partial charge in [0, 0.05) is 17.3 Å². The Labute approximate surface area is 111 Å². The third kappa shape index (κ3) is 2.29. The molecule has 0 spiro atoms. The highest BCUT2D eigenvalue weighted by atomic mass is 16.5. The highest BCUT2D eigenvalue weighted by molar-refractivity contribution is 5.52. The zero-order valence-corrected chi connectivity index (χ0v) is 10.6. The standard InChI is InChI=1S/C15H15NO3/c1-18-12-5-2-10(3-6-12)16-14-9-19-15-8-11(17)4-7-13(14)15/h2-8,14,16-17H,9H2,1H3. The van der Waals surface area contributed by atoms with Gasteiger partial charge in [0.25, 0.3) is 0 Å². The Balaban J connectivity index is 1.78. The number of nitrogens with one attached hydrogen (secondary N) is 1. The van der Waals surface area contributed by atoms with Gasteiger partial charge in [-0.15, -0.1) is 0 Å². The second-order valence-corrected chi connectivity index (χ2v) is 4.46. The third-order valence-corrected chi connectivity index (χ3v) is 3.21. The van der Waals surface area contributed by atoms with E-state index in [9.17, 15) is 5.11 Å². The molecule has 2 aromatic carbocycles. The fourth-order valence-electron chi connectivity index (χ4n) is 2.21. The summed E-state index contributed by atoms with van der Waals surface area (Å²) in [6, 6.07) is 13.1. The van der Waals surface area contributed by atoms with Crippen molar-refractivity contribution >= 4 is 5.69 Å². The van der Waals surface area contributed by atoms with Crippen LogP contribution < -0.4 is 14.8 Å². The van der Waals surface area contributed by atoms with Crippen molar-refractivity contribution in [1.82, 2.24) is 0 Å². The largest absolute Gasteiger partial charge is 0.508 e. The molecule has 0 aliphatic carbocycles. The number of fused-ring (bicyclic) bond motifs is 1. The maximum Gasteiger partial charge on any atom is 0.128 e. The van der Waals surface area contributed by atoms with Crippen LogP contribution in [0.1, 0.15) is 11.6 Å². The van der Waals surface area contributed by atoms with Gasteiger partial charge in [0.05, 0.1) is 13.2 Å². The van der Waals surface area contributed by atoms with Crippen LogP contribution in [0.3, 0.4) is 0 Å². The number of phenols is 1. The molecular weight excluding hydrogens is 242 g/mol. The Hall–Kier alpha value is -2.36. The lowest BCUT2D eigenvalue weighted by Crippen LogP contribution is -2.11. The number of hydrogen-bond donors (Lipinski definition) is 2. The zero-order valence-electron chi connectivity index (χ0n) is 10.6. The second-order valence-electron chi connectivity index (χ2n) is 4.46. The lowest BCUT2D eigenvalue weighted by Gasteiger charge is -2.13. The van der Waals surface area contributed by atoms with Gasteiger partial charge in [-0.25, -0.2) is 0 Å². The molecule has 1 atom stereocenters. The van der Waals surface area contributed by atoms with Crippen molar-refractivity contribution in [3.63, 3.8) is 0 Å². The Morgan fingerprint density at radius 3 is 2.74 bits per heavy atom. The highest BCUT2D eigenvalue weighted by Crippen LogP contribution is 2.36. The molecule has 0 saturated heterocycles. The monoisotopic (exact) mass is 257 g/mol. The molecule has 0 bridgehead atoms. The average molecular weight is 257 g/mol. The van der Waals surface area contributed by atoms with Gasteiger partial charge in [0.2, 0.25) is 0 Å². The summed E-state index contributed by atoms with van der Waals surface area (Å²) in [5.41, 5.74) is 2.07. The SMILES string of the molecule is COc1ccc(NC2COc3cc(O)ccc32)cc1. The molecule has 2 aromatic rings. The van der Waals surface area contributed by atoms with E-state index < -0.39 is 0 Å². The van der Waals surface area contributed by atoms with Gasteiger partial charge in [0.1, 0.15) is 23.9 Å². The maximum absolute atomic E-state index is 9.42. The highest BCUT2D eigenvalue weighted by Gasteiger charge is 2.24. The fourth-order valence-corrected chi connectivity index (χ4v) is 2.21. The van der Waals surface area contributed by atoms with Crippen molar-refractivity contribution < 1.29 is 14.6 Å². The summed E-state index contributed by atoms with van der Waals surface area (Å²) in [6.45, 7) is 0.560. The number of benzene rings is 2. The maximum atomic E-state index is 9.42. The molecule has 0 amide bonds. The minimum absolute atomic E-state index is 0.101. The van der Waals surface area contributed by atoms with Gasteiger partial charge in [-0.2, -0.15) is 0 Å². The molecule has 0 saturated carbocycles. The number of ether oxygens (including phenoxy) is 2. The van der Waals surface area contributed by atoms with Crippen LogP contribution >= 0.6 is 0 Å². The van der Waals surface area contributed by atoms with Crippen LogP contribution in [0.5, 0.6) is 17.2 Å². The van der Waals surface area contributed by atoms with Crippen LogP contribution in [-0.2, 0) is 0 Å². The minimum Gasteiger partial charge on any atom is -0.508 e. The van der Waals surface area contributed by atoms with Crippen molar-refractivity contribution in [3.05, 3.63) is 48.0 Å². The predicted octanol–water partition coefficient (Wildman–Crippen LogP) is 2.95. The Bertz CT molecular complexity index is 580. The molecule has 1 aliphatic rings. The Morgan fingerprint density at radius 1 is 1.21 bits per heavy atom. The summed E-state index contributed by atoms with van der Waals surface area (Å²) in [7, 11) is 1.65. The van der Waals surface area contributed by atoms with Crippen molar-refractivity contribution in [3.8, 4) is 17.2 Å². The van der Waals surface area contributed by atoms with Crippen molar-refractivity contribution in [2.45, 2.75) is 6.04 Å². The smallest absolute Gasteiger partial charge is 0.128 e. The molecule has 0 fully saturated rings. The predicted molar refractivity (Wildman–Crippen MR) is 73.0 cm³/mol. The van der Waals surface area contributed by atoms with E-state index in [4.69, 9.17) is 9.47 Å². The minimum atomic E-state index is 0.101. The van der Waals surface area contributed by atoms with Crippen LogP contribution in [0.2, 0.25) is 0 Å². The van der Waals surface area contributed by atoms with Crippen LogP contribution in [0.15, 0.2) is 42.5 Å². The van der Waals surface area contributed by atoms with E-state index in [1.165, 1.54) is 0 Å². The normalized spacial score (nSPS) is 16.6. The number of hydrogen-bond acceptors (Lipinski definition) is 4. The van der Waals surface area contributed by atoms with Crippen LogP contribution in [-0.4, -0.2) is 18.8 Å². The Kier molecular flexibility index (Phi) is 2.91. The number of aromatic hydroxyl groups is 1. The molecule has 98 valence electrons. The van der Waals surface area contributed by atoms with E-state index in [0.717, 1.165) is 22.7 Å². The van der Waals surface area contributed by atoms with E-state index in [1.54, 1.807) is 19.2 Å². The Morgan fingerprint density at radius 2 is 2.00 bits per heavy atom. The summed E-state index contributed by atoms with van der Waals surface area (Å²) < 4.78 is 10.7. The van der Waals surface area contributed by atoms with E-state index >= 15 is 0 Å². The number of rotatable bonds is 3. The molecule has 4 heteroatoms. The molecule has 0 radical (unpaired) electrons. The number of methoxy groups -OCH3 is 1. The molecule has 2 N–H and O–H groups in total. The molecule has 1 unspecified atom stereocenters. The second kappa shape index (κ2) is 4.72. The van der Waals surface area contributed by atoms with Gasteiger partial charge >= 0.3 is 0 Å². The topological polar surface area (TPSA) is 50.7 Å². The summed E-state index contributed by atoms with van der Waals surface area (Å²) >= 11 is 0.